The fraction of sp³-hybridized carbons (Fsp3) is 0.300. The first-order chi connectivity index (χ1) is 7.59. The molecule has 0 fully saturated rings. The molecular formula is C10H12BrClN2O2. The quantitative estimate of drug-likeness (QED) is 0.820. The van der Waals surface area contributed by atoms with Gasteiger partial charge in [0.15, 0.2) is 0 Å². The van der Waals surface area contributed by atoms with Gasteiger partial charge in [-0.05, 0) is 23.8 Å². The maximum absolute atomic E-state index is 10.3. The van der Waals surface area contributed by atoms with Gasteiger partial charge in [0.2, 0.25) is 0 Å². The van der Waals surface area contributed by atoms with E-state index in [1.165, 1.54) is 0 Å². The monoisotopic (exact) mass is 306 g/mol. The summed E-state index contributed by atoms with van der Waals surface area (Å²) < 4.78 is 5.54. The second kappa shape index (κ2) is 6.73. The molecule has 16 heavy (non-hydrogen) atoms. The van der Waals surface area contributed by atoms with Crippen molar-refractivity contribution in [3.05, 3.63) is 33.3 Å². The van der Waals surface area contributed by atoms with Crippen LogP contribution < -0.4 is 11.1 Å². The van der Waals surface area contributed by atoms with Gasteiger partial charge in [-0.2, -0.15) is 0 Å². The predicted molar refractivity (Wildman–Crippen MR) is 66.4 cm³/mol. The third-order valence-electron chi connectivity index (χ3n) is 1.85. The second-order valence-electron chi connectivity index (χ2n) is 3.08. The third kappa shape index (κ3) is 4.83. The van der Waals surface area contributed by atoms with Gasteiger partial charge in [-0.15, -0.1) is 0 Å². The molecule has 0 bridgehead atoms. The number of rotatable bonds is 5. The van der Waals surface area contributed by atoms with Gasteiger partial charge >= 0.3 is 6.09 Å². The highest BCUT2D eigenvalue weighted by molar-refractivity contribution is 9.10. The normalized spacial score (nSPS) is 10.1. The maximum Gasteiger partial charge on any atom is 0.404 e. The Labute approximate surface area is 107 Å². The summed E-state index contributed by atoms with van der Waals surface area (Å²) in [5.74, 6) is 0. The van der Waals surface area contributed by atoms with Crippen LogP contribution in [0.1, 0.15) is 5.56 Å². The van der Waals surface area contributed by atoms with Gasteiger partial charge < -0.3 is 15.8 Å². The minimum Gasteiger partial charge on any atom is -0.448 e. The fourth-order valence-corrected chi connectivity index (χ4v) is 1.72. The van der Waals surface area contributed by atoms with E-state index in [0.29, 0.717) is 18.1 Å². The van der Waals surface area contributed by atoms with E-state index in [4.69, 9.17) is 17.3 Å². The van der Waals surface area contributed by atoms with Gasteiger partial charge in [-0.1, -0.05) is 27.5 Å². The van der Waals surface area contributed by atoms with Crippen LogP contribution in [0.3, 0.4) is 0 Å². The zero-order valence-corrected chi connectivity index (χ0v) is 10.8. The molecule has 0 saturated heterocycles. The van der Waals surface area contributed by atoms with Gasteiger partial charge in [0.25, 0.3) is 0 Å². The van der Waals surface area contributed by atoms with Gasteiger partial charge in [-0.3, -0.25) is 0 Å². The minimum absolute atomic E-state index is 0.251. The van der Waals surface area contributed by atoms with Crippen molar-refractivity contribution >= 4 is 33.6 Å². The lowest BCUT2D eigenvalue weighted by Crippen LogP contribution is -2.23. The highest BCUT2D eigenvalue weighted by atomic mass is 79.9. The molecule has 3 N–H and O–H groups in total. The van der Waals surface area contributed by atoms with E-state index in [-0.39, 0.29) is 6.61 Å². The van der Waals surface area contributed by atoms with Crippen LogP contribution in [0.15, 0.2) is 22.7 Å². The number of nitrogens with one attached hydrogen (secondary N) is 1. The first kappa shape index (κ1) is 13.3. The molecule has 1 rings (SSSR count). The summed E-state index contributed by atoms with van der Waals surface area (Å²) >= 11 is 9.36. The van der Waals surface area contributed by atoms with Gasteiger partial charge in [0.05, 0.1) is 0 Å². The lowest BCUT2D eigenvalue weighted by atomic mass is 10.2. The van der Waals surface area contributed by atoms with Gasteiger partial charge in [0, 0.05) is 22.6 Å². The molecule has 0 aliphatic carbocycles. The number of amides is 1. The molecule has 0 aliphatic heterocycles. The van der Waals surface area contributed by atoms with Gasteiger partial charge in [0.1, 0.15) is 6.61 Å². The molecule has 0 aliphatic rings. The number of hydrogen-bond acceptors (Lipinski definition) is 3. The Kier molecular flexibility index (Phi) is 5.59. The van der Waals surface area contributed by atoms with Crippen LogP contribution in [0, 0.1) is 0 Å². The molecular weight excluding hydrogens is 295 g/mol. The SMILES string of the molecule is NC(=O)OCCNCc1cc(Br)ccc1Cl. The van der Waals surface area contributed by atoms with E-state index in [2.05, 4.69) is 26.0 Å². The number of halogens is 2. The largest absolute Gasteiger partial charge is 0.448 e. The Hall–Kier alpha value is -0.780. The zero-order valence-electron chi connectivity index (χ0n) is 8.50. The molecule has 1 aromatic rings. The molecule has 4 nitrogen and oxygen atoms in total. The summed E-state index contributed by atoms with van der Waals surface area (Å²) in [6.07, 6.45) is -0.762. The molecule has 0 heterocycles. The lowest BCUT2D eigenvalue weighted by molar-refractivity contribution is 0.157. The molecule has 0 spiro atoms. The minimum atomic E-state index is -0.762. The Morgan fingerprint density at radius 2 is 2.31 bits per heavy atom. The van der Waals surface area contributed by atoms with Crippen LogP contribution in [0.4, 0.5) is 4.79 Å². The van der Waals surface area contributed by atoms with Gasteiger partial charge in [-0.25, -0.2) is 4.79 Å². The van der Waals surface area contributed by atoms with Crippen molar-refractivity contribution in [2.45, 2.75) is 6.54 Å². The van der Waals surface area contributed by atoms with Crippen LogP contribution in [-0.4, -0.2) is 19.2 Å². The van der Waals surface area contributed by atoms with E-state index in [9.17, 15) is 4.79 Å². The average Bonchev–Trinajstić information content (AvgIpc) is 2.22. The zero-order chi connectivity index (χ0) is 12.0. The van der Waals surface area contributed by atoms with E-state index >= 15 is 0 Å². The number of benzene rings is 1. The van der Waals surface area contributed by atoms with Crippen LogP contribution >= 0.6 is 27.5 Å². The van der Waals surface area contributed by atoms with Crippen LogP contribution in [0.2, 0.25) is 5.02 Å². The summed E-state index contributed by atoms with van der Waals surface area (Å²) in [7, 11) is 0. The van der Waals surface area contributed by atoms with Crippen molar-refractivity contribution in [2.75, 3.05) is 13.2 Å². The number of carbonyl (C=O) groups is 1. The summed E-state index contributed by atoms with van der Waals surface area (Å²) in [4.78, 5) is 10.3. The van der Waals surface area contributed by atoms with Crippen molar-refractivity contribution in [3.63, 3.8) is 0 Å². The number of nitrogens with two attached hydrogens (primary N) is 1. The molecule has 0 unspecified atom stereocenters. The van der Waals surface area contributed by atoms with Crippen molar-refractivity contribution in [3.8, 4) is 0 Å². The van der Waals surface area contributed by atoms with Crippen molar-refractivity contribution in [1.29, 1.82) is 0 Å². The van der Waals surface area contributed by atoms with Crippen molar-refractivity contribution in [2.24, 2.45) is 5.73 Å². The first-order valence-electron chi connectivity index (χ1n) is 4.66. The summed E-state index contributed by atoms with van der Waals surface area (Å²) in [5.41, 5.74) is 5.80. The Morgan fingerprint density at radius 1 is 1.56 bits per heavy atom. The average molecular weight is 308 g/mol. The predicted octanol–water partition coefficient (Wildman–Crippen LogP) is 2.29. The molecule has 0 radical (unpaired) electrons. The molecule has 0 atom stereocenters. The van der Waals surface area contributed by atoms with E-state index in [1.54, 1.807) is 0 Å². The number of primary amides is 1. The number of ether oxygens (including phenoxy) is 1. The molecule has 0 aromatic heterocycles. The van der Waals surface area contributed by atoms with Crippen molar-refractivity contribution in [1.82, 2.24) is 5.32 Å². The van der Waals surface area contributed by atoms with E-state index in [0.717, 1.165) is 10.0 Å². The topological polar surface area (TPSA) is 64.4 Å². The first-order valence-corrected chi connectivity index (χ1v) is 5.83. The Balaban J connectivity index is 2.31. The summed E-state index contributed by atoms with van der Waals surface area (Å²) in [5, 5.41) is 3.79. The second-order valence-corrected chi connectivity index (χ2v) is 4.40. The van der Waals surface area contributed by atoms with E-state index < -0.39 is 6.09 Å². The summed E-state index contributed by atoms with van der Waals surface area (Å²) in [6, 6.07) is 5.63. The highest BCUT2D eigenvalue weighted by Crippen LogP contribution is 2.20. The van der Waals surface area contributed by atoms with E-state index in [1.807, 2.05) is 18.2 Å². The molecule has 1 aromatic carbocycles. The lowest BCUT2D eigenvalue weighted by Gasteiger charge is -2.07. The Bertz CT molecular complexity index is 374. The molecule has 88 valence electrons. The molecule has 6 heteroatoms. The fourth-order valence-electron chi connectivity index (χ4n) is 1.13. The third-order valence-corrected chi connectivity index (χ3v) is 2.71. The number of hydrogen-bond donors (Lipinski definition) is 2. The van der Waals surface area contributed by atoms with Crippen LogP contribution in [0.5, 0.6) is 0 Å². The molecule has 0 saturated carbocycles. The van der Waals surface area contributed by atoms with Crippen LogP contribution in [-0.2, 0) is 11.3 Å². The molecule has 1 amide bonds. The standard InChI is InChI=1S/C10H12BrClN2O2/c11-8-1-2-9(12)7(5-8)6-14-3-4-16-10(13)15/h1-2,5,14H,3-4,6H2,(H2,13,15). The maximum atomic E-state index is 10.3. The smallest absolute Gasteiger partial charge is 0.404 e. The Morgan fingerprint density at radius 3 is 3.00 bits per heavy atom. The van der Waals surface area contributed by atoms with Crippen LogP contribution in [0.25, 0.3) is 0 Å². The summed E-state index contributed by atoms with van der Waals surface area (Å²) in [6.45, 7) is 1.40. The van der Waals surface area contributed by atoms with Crippen molar-refractivity contribution < 1.29 is 9.53 Å². The highest BCUT2D eigenvalue weighted by Gasteiger charge is 2.00. The number of carbonyl (C=O) groups excluding carboxylic acids is 1.